The van der Waals surface area contributed by atoms with E-state index in [0.29, 0.717) is 11.8 Å². The zero-order chi connectivity index (χ0) is 14.6. The van der Waals surface area contributed by atoms with Crippen LogP contribution in [-0.4, -0.2) is 18.2 Å². The maximum Gasteiger partial charge on any atom is 0.0762 e. The largest absolute Gasteiger partial charge is 0.389 e. The minimum absolute atomic E-state index is 0.477. The van der Waals surface area contributed by atoms with Crippen molar-refractivity contribution in [1.82, 2.24) is 0 Å². The van der Waals surface area contributed by atoms with Gasteiger partial charge in [-0.1, -0.05) is 45.4 Å². The fourth-order valence-electron chi connectivity index (χ4n) is 2.19. The summed E-state index contributed by atoms with van der Waals surface area (Å²) in [6.45, 7) is 12.6. The van der Waals surface area contributed by atoms with Gasteiger partial charge in [-0.05, 0) is 36.5 Å². The third-order valence-electron chi connectivity index (χ3n) is 2.97. The van der Waals surface area contributed by atoms with Crippen LogP contribution in [0.15, 0.2) is 18.2 Å². The molecule has 0 radical (unpaired) electrons. The lowest BCUT2D eigenvalue weighted by Crippen LogP contribution is -2.31. The minimum Gasteiger partial charge on any atom is -0.389 e. The second-order valence-corrected chi connectivity index (χ2v) is 6.49. The van der Waals surface area contributed by atoms with Crippen molar-refractivity contribution in [3.05, 3.63) is 28.8 Å². The lowest BCUT2D eigenvalue weighted by atomic mass is 10.1. The molecular weight excluding hydrogens is 258 g/mol. The molecule has 1 atom stereocenters. The van der Waals surface area contributed by atoms with Crippen LogP contribution in [-0.2, 0) is 0 Å². The Hall–Kier alpha value is -0.730. The monoisotopic (exact) mass is 283 g/mol. The molecule has 0 saturated heterocycles. The lowest BCUT2D eigenvalue weighted by molar-refractivity contribution is 0.199. The number of benzene rings is 1. The number of hydrogen-bond donors (Lipinski definition) is 1. The molecule has 2 nitrogen and oxygen atoms in total. The van der Waals surface area contributed by atoms with Crippen LogP contribution in [0.3, 0.4) is 0 Å². The van der Waals surface area contributed by atoms with E-state index in [2.05, 4.69) is 32.6 Å². The van der Waals surface area contributed by atoms with Crippen LogP contribution in [0.25, 0.3) is 0 Å². The van der Waals surface area contributed by atoms with E-state index in [4.69, 9.17) is 11.6 Å². The van der Waals surface area contributed by atoms with Crippen molar-refractivity contribution in [2.45, 2.75) is 40.7 Å². The average Bonchev–Trinajstić information content (AvgIpc) is 2.26. The molecule has 1 rings (SSSR count). The molecule has 0 heterocycles. The molecule has 3 heteroatoms. The quantitative estimate of drug-likeness (QED) is 0.830. The highest BCUT2D eigenvalue weighted by atomic mass is 35.5. The SMILES string of the molecule is CC(C)CN(CC(C)C)c1ccc([C@@H](C)O)cc1Cl. The van der Waals surface area contributed by atoms with Gasteiger partial charge in [0.25, 0.3) is 0 Å². The molecule has 19 heavy (non-hydrogen) atoms. The van der Waals surface area contributed by atoms with E-state index in [1.54, 1.807) is 6.92 Å². The van der Waals surface area contributed by atoms with Crippen molar-refractivity contribution < 1.29 is 5.11 Å². The van der Waals surface area contributed by atoms with E-state index in [0.717, 1.165) is 29.4 Å². The maximum absolute atomic E-state index is 9.60. The summed E-state index contributed by atoms with van der Waals surface area (Å²) in [5.41, 5.74) is 1.93. The molecule has 1 aromatic rings. The van der Waals surface area contributed by atoms with E-state index in [1.807, 2.05) is 18.2 Å². The Labute approximate surface area is 122 Å². The maximum atomic E-state index is 9.60. The fourth-order valence-corrected chi connectivity index (χ4v) is 2.50. The third-order valence-corrected chi connectivity index (χ3v) is 3.27. The molecule has 0 aliphatic carbocycles. The van der Waals surface area contributed by atoms with Gasteiger partial charge in [-0.15, -0.1) is 0 Å². The minimum atomic E-state index is -0.477. The Morgan fingerprint density at radius 3 is 1.95 bits per heavy atom. The third kappa shape index (κ3) is 5.04. The molecule has 0 aliphatic heterocycles. The number of aliphatic hydroxyl groups is 1. The summed E-state index contributed by atoms with van der Waals surface area (Å²) in [6.07, 6.45) is -0.477. The number of aliphatic hydroxyl groups excluding tert-OH is 1. The Morgan fingerprint density at radius 1 is 1.05 bits per heavy atom. The molecule has 0 spiro atoms. The van der Waals surface area contributed by atoms with Crippen LogP contribution >= 0.6 is 11.6 Å². The molecule has 0 aliphatic rings. The zero-order valence-corrected chi connectivity index (χ0v) is 13.4. The van der Waals surface area contributed by atoms with Crippen LogP contribution < -0.4 is 4.90 Å². The Bertz CT molecular complexity index is 392. The molecule has 0 bridgehead atoms. The Balaban J connectivity index is 3.01. The van der Waals surface area contributed by atoms with Crippen LogP contribution in [0, 0.1) is 11.8 Å². The van der Waals surface area contributed by atoms with Crippen molar-refractivity contribution >= 4 is 17.3 Å². The Kier molecular flexibility index (Phi) is 6.15. The molecule has 108 valence electrons. The standard InChI is InChI=1S/C16H26ClNO/c1-11(2)9-18(10-12(3)4)16-7-6-14(13(5)19)8-15(16)17/h6-8,11-13,19H,9-10H2,1-5H3/t13-/m1/s1. The Morgan fingerprint density at radius 2 is 1.58 bits per heavy atom. The lowest BCUT2D eigenvalue weighted by Gasteiger charge is -2.29. The van der Waals surface area contributed by atoms with Gasteiger partial charge in [-0.2, -0.15) is 0 Å². The molecule has 1 aromatic carbocycles. The number of rotatable bonds is 6. The highest BCUT2D eigenvalue weighted by molar-refractivity contribution is 6.33. The number of hydrogen-bond acceptors (Lipinski definition) is 2. The summed E-state index contributed by atoms with van der Waals surface area (Å²) < 4.78 is 0. The van der Waals surface area contributed by atoms with Gasteiger partial charge in [0.1, 0.15) is 0 Å². The first-order chi connectivity index (χ1) is 8.81. The van der Waals surface area contributed by atoms with Gasteiger partial charge in [-0.25, -0.2) is 0 Å². The molecule has 1 N–H and O–H groups in total. The highest BCUT2D eigenvalue weighted by Gasteiger charge is 2.14. The van der Waals surface area contributed by atoms with Crippen LogP contribution in [0.4, 0.5) is 5.69 Å². The average molecular weight is 284 g/mol. The van der Waals surface area contributed by atoms with E-state index >= 15 is 0 Å². The zero-order valence-electron chi connectivity index (χ0n) is 12.7. The summed E-state index contributed by atoms with van der Waals surface area (Å²) in [6, 6.07) is 5.85. The van der Waals surface area contributed by atoms with E-state index < -0.39 is 6.10 Å². The summed E-state index contributed by atoms with van der Waals surface area (Å²) in [5.74, 6) is 1.18. The van der Waals surface area contributed by atoms with Crippen LogP contribution in [0.5, 0.6) is 0 Å². The first kappa shape index (κ1) is 16.3. The van der Waals surface area contributed by atoms with Gasteiger partial charge >= 0.3 is 0 Å². The number of halogens is 1. The molecular formula is C16H26ClNO. The summed E-state index contributed by atoms with van der Waals surface area (Å²) >= 11 is 6.38. The van der Waals surface area contributed by atoms with Crippen LogP contribution in [0.1, 0.15) is 46.3 Å². The molecule has 0 unspecified atom stereocenters. The van der Waals surface area contributed by atoms with Gasteiger partial charge in [0, 0.05) is 13.1 Å². The molecule has 0 aromatic heterocycles. The smallest absolute Gasteiger partial charge is 0.0762 e. The normalized spacial score (nSPS) is 13.1. The van der Waals surface area contributed by atoms with Crippen molar-refractivity contribution in [1.29, 1.82) is 0 Å². The van der Waals surface area contributed by atoms with Gasteiger partial charge in [0.05, 0.1) is 16.8 Å². The summed E-state index contributed by atoms with van der Waals surface area (Å²) in [4.78, 5) is 2.34. The van der Waals surface area contributed by atoms with Gasteiger partial charge < -0.3 is 10.0 Å². The number of nitrogens with zero attached hydrogens (tertiary/aromatic N) is 1. The van der Waals surface area contributed by atoms with Gasteiger partial charge in [0.15, 0.2) is 0 Å². The van der Waals surface area contributed by atoms with Crippen molar-refractivity contribution in [2.24, 2.45) is 11.8 Å². The molecule has 0 amide bonds. The molecule has 0 saturated carbocycles. The van der Waals surface area contributed by atoms with Crippen molar-refractivity contribution in [2.75, 3.05) is 18.0 Å². The van der Waals surface area contributed by atoms with Crippen molar-refractivity contribution in [3.8, 4) is 0 Å². The van der Waals surface area contributed by atoms with Crippen LogP contribution in [0.2, 0.25) is 5.02 Å². The van der Waals surface area contributed by atoms with Crippen molar-refractivity contribution in [3.63, 3.8) is 0 Å². The predicted molar refractivity (Wildman–Crippen MR) is 84.0 cm³/mol. The summed E-state index contributed by atoms with van der Waals surface area (Å²) in [7, 11) is 0. The van der Waals surface area contributed by atoms with E-state index in [1.165, 1.54) is 0 Å². The topological polar surface area (TPSA) is 23.5 Å². The second-order valence-electron chi connectivity index (χ2n) is 6.08. The first-order valence-corrected chi connectivity index (χ1v) is 7.41. The molecule has 0 fully saturated rings. The van der Waals surface area contributed by atoms with Gasteiger partial charge in [-0.3, -0.25) is 0 Å². The first-order valence-electron chi connectivity index (χ1n) is 7.03. The van der Waals surface area contributed by atoms with E-state index in [9.17, 15) is 5.11 Å². The number of anilines is 1. The highest BCUT2D eigenvalue weighted by Crippen LogP contribution is 2.30. The van der Waals surface area contributed by atoms with E-state index in [-0.39, 0.29) is 0 Å². The summed E-state index contributed by atoms with van der Waals surface area (Å²) in [5, 5.41) is 10.3. The predicted octanol–water partition coefficient (Wildman–Crippen LogP) is 4.51. The van der Waals surface area contributed by atoms with Gasteiger partial charge in [0.2, 0.25) is 0 Å². The fraction of sp³-hybridized carbons (Fsp3) is 0.625. The second kappa shape index (κ2) is 7.16.